The van der Waals surface area contributed by atoms with Crippen molar-refractivity contribution in [2.24, 2.45) is 0 Å². The van der Waals surface area contributed by atoms with Crippen molar-refractivity contribution in [1.82, 2.24) is 4.98 Å². The Morgan fingerprint density at radius 2 is 2.27 bits per heavy atom. The first kappa shape index (κ1) is 11.6. The van der Waals surface area contributed by atoms with Crippen molar-refractivity contribution >= 4 is 5.97 Å². The summed E-state index contributed by atoms with van der Waals surface area (Å²) in [7, 11) is 0. The molecule has 0 bridgehead atoms. The lowest BCUT2D eigenvalue weighted by Gasteiger charge is -2.15. The van der Waals surface area contributed by atoms with Gasteiger partial charge in [0.1, 0.15) is 0 Å². The number of pyridine rings is 1. The summed E-state index contributed by atoms with van der Waals surface area (Å²) < 4.78 is 25.3. The van der Waals surface area contributed by atoms with Crippen molar-refractivity contribution in [3.05, 3.63) is 29.6 Å². The molecule has 0 radical (unpaired) electrons. The lowest BCUT2D eigenvalue weighted by Crippen LogP contribution is -2.15. The predicted molar refractivity (Wildman–Crippen MR) is 50.0 cm³/mol. The second-order valence-electron chi connectivity index (χ2n) is 3.22. The molecule has 1 atom stereocenters. The molecule has 1 aromatic rings. The summed E-state index contributed by atoms with van der Waals surface area (Å²) in [5.41, 5.74) is 0.749. The molecule has 15 heavy (non-hydrogen) atoms. The average molecular weight is 215 g/mol. The van der Waals surface area contributed by atoms with Crippen LogP contribution >= 0.6 is 0 Å². The monoisotopic (exact) mass is 215 g/mol. The highest BCUT2D eigenvalue weighted by Crippen LogP contribution is 2.28. The van der Waals surface area contributed by atoms with Gasteiger partial charge in [0.15, 0.2) is 0 Å². The van der Waals surface area contributed by atoms with Gasteiger partial charge >= 0.3 is 5.97 Å². The molecule has 0 aromatic carbocycles. The number of aliphatic carboxylic acids is 1. The Balaban J connectivity index is 2.99. The third-order valence-electron chi connectivity index (χ3n) is 2.15. The first-order chi connectivity index (χ1) is 7.02. The molecule has 0 saturated carbocycles. The van der Waals surface area contributed by atoms with Gasteiger partial charge in [-0.1, -0.05) is 6.07 Å². The molecule has 0 aliphatic rings. The fourth-order valence-electron chi connectivity index (χ4n) is 1.41. The maximum Gasteiger partial charge on any atom is 0.304 e. The van der Waals surface area contributed by atoms with E-state index in [1.165, 1.54) is 18.3 Å². The number of alkyl halides is 2. The lowest BCUT2D eigenvalue weighted by molar-refractivity contribution is -0.138. The molecule has 1 aromatic heterocycles. The minimum Gasteiger partial charge on any atom is -0.481 e. The highest BCUT2D eigenvalue weighted by molar-refractivity contribution is 5.68. The molecule has 3 nitrogen and oxygen atoms in total. The minimum absolute atomic E-state index is 0.301. The Morgan fingerprint density at radius 1 is 1.60 bits per heavy atom. The number of aromatic nitrogens is 1. The van der Waals surface area contributed by atoms with Crippen LogP contribution in [0.1, 0.15) is 23.6 Å². The predicted octanol–water partition coefficient (Wildman–Crippen LogP) is 2.21. The number of hydrogen-bond donors (Lipinski definition) is 1. The normalized spacial score (nSPS) is 12.8. The smallest absolute Gasteiger partial charge is 0.304 e. The van der Waals surface area contributed by atoms with Gasteiger partial charge in [0.25, 0.3) is 0 Å². The van der Waals surface area contributed by atoms with Crippen molar-refractivity contribution in [2.45, 2.75) is 25.7 Å². The number of carboxylic acid groups (broad SMARTS) is 1. The van der Waals surface area contributed by atoms with E-state index >= 15 is 0 Å². The van der Waals surface area contributed by atoms with E-state index in [1.54, 1.807) is 6.92 Å². The van der Waals surface area contributed by atoms with Gasteiger partial charge < -0.3 is 5.11 Å². The largest absolute Gasteiger partial charge is 0.481 e. The van der Waals surface area contributed by atoms with E-state index in [2.05, 4.69) is 4.98 Å². The first-order valence-corrected chi connectivity index (χ1v) is 4.44. The molecule has 1 rings (SSSR count). The number of rotatable bonds is 4. The molecular formula is C10H11F2NO2. The van der Waals surface area contributed by atoms with E-state index in [0.717, 1.165) is 0 Å². The van der Waals surface area contributed by atoms with E-state index in [9.17, 15) is 13.6 Å². The van der Waals surface area contributed by atoms with E-state index in [4.69, 9.17) is 5.11 Å². The molecule has 1 unspecified atom stereocenters. The molecule has 0 fully saturated rings. The van der Waals surface area contributed by atoms with Gasteiger partial charge in [-0.15, -0.1) is 0 Å². The molecule has 0 aliphatic carbocycles. The van der Waals surface area contributed by atoms with E-state index in [0.29, 0.717) is 11.3 Å². The number of halogens is 2. The number of aryl methyl sites for hydroxylation is 1. The summed E-state index contributed by atoms with van der Waals surface area (Å²) in [4.78, 5) is 14.3. The summed E-state index contributed by atoms with van der Waals surface area (Å²) in [5.74, 6) is -2.51. The molecule has 5 heteroatoms. The summed E-state index contributed by atoms with van der Waals surface area (Å²) in [6.07, 6.45) is -1.78. The summed E-state index contributed by atoms with van der Waals surface area (Å²) in [6.45, 7) is 1.59. The van der Waals surface area contributed by atoms with Crippen LogP contribution in [0.5, 0.6) is 0 Å². The molecule has 0 amide bonds. The van der Waals surface area contributed by atoms with Crippen LogP contribution < -0.4 is 0 Å². The van der Waals surface area contributed by atoms with Crippen LogP contribution in [0.2, 0.25) is 0 Å². The van der Waals surface area contributed by atoms with Gasteiger partial charge in [0.2, 0.25) is 6.43 Å². The summed E-state index contributed by atoms with van der Waals surface area (Å²) in [5, 5.41) is 8.53. The van der Waals surface area contributed by atoms with Gasteiger partial charge in [-0.05, 0) is 18.6 Å². The Morgan fingerprint density at radius 3 is 2.73 bits per heavy atom. The van der Waals surface area contributed by atoms with Crippen LogP contribution in [0.4, 0.5) is 8.78 Å². The topological polar surface area (TPSA) is 50.2 Å². The van der Waals surface area contributed by atoms with Gasteiger partial charge in [0.05, 0.1) is 12.3 Å². The Kier molecular flexibility index (Phi) is 3.71. The molecule has 0 spiro atoms. The van der Waals surface area contributed by atoms with Gasteiger partial charge in [-0.3, -0.25) is 9.78 Å². The van der Waals surface area contributed by atoms with Crippen LogP contribution in [0.25, 0.3) is 0 Å². The highest BCUT2D eigenvalue weighted by Gasteiger charge is 2.26. The van der Waals surface area contributed by atoms with Crippen molar-refractivity contribution in [3.63, 3.8) is 0 Å². The maximum atomic E-state index is 12.6. The maximum absolute atomic E-state index is 12.6. The molecule has 0 aliphatic heterocycles. The SMILES string of the molecule is Cc1ncccc1C(CC(=O)O)C(F)F. The Bertz CT molecular complexity index is 355. The highest BCUT2D eigenvalue weighted by atomic mass is 19.3. The third-order valence-corrected chi connectivity index (χ3v) is 2.15. The lowest BCUT2D eigenvalue weighted by atomic mass is 9.95. The Hall–Kier alpha value is -1.52. The molecule has 1 N–H and O–H groups in total. The van der Waals surface area contributed by atoms with Crippen LogP contribution in [-0.4, -0.2) is 22.5 Å². The molecule has 0 saturated heterocycles. The molecular weight excluding hydrogens is 204 g/mol. The van der Waals surface area contributed by atoms with Crippen LogP contribution in [0, 0.1) is 6.92 Å². The fraction of sp³-hybridized carbons (Fsp3) is 0.400. The van der Waals surface area contributed by atoms with E-state index in [-0.39, 0.29) is 0 Å². The third kappa shape index (κ3) is 2.97. The first-order valence-electron chi connectivity index (χ1n) is 4.44. The number of carbonyl (C=O) groups is 1. The zero-order valence-corrected chi connectivity index (χ0v) is 8.15. The second kappa shape index (κ2) is 4.82. The Labute approximate surface area is 85.8 Å². The quantitative estimate of drug-likeness (QED) is 0.837. The number of nitrogens with zero attached hydrogens (tertiary/aromatic N) is 1. The van der Waals surface area contributed by atoms with Crippen molar-refractivity contribution in [1.29, 1.82) is 0 Å². The van der Waals surface area contributed by atoms with Crippen molar-refractivity contribution in [3.8, 4) is 0 Å². The zero-order valence-electron chi connectivity index (χ0n) is 8.15. The number of hydrogen-bond acceptors (Lipinski definition) is 2. The van der Waals surface area contributed by atoms with E-state index < -0.39 is 24.7 Å². The average Bonchev–Trinajstić information content (AvgIpc) is 2.15. The number of carboxylic acids is 1. The minimum atomic E-state index is -2.69. The summed E-state index contributed by atoms with van der Waals surface area (Å²) in [6, 6.07) is 3.02. The zero-order chi connectivity index (χ0) is 11.4. The van der Waals surface area contributed by atoms with Crippen LogP contribution in [-0.2, 0) is 4.79 Å². The van der Waals surface area contributed by atoms with Crippen molar-refractivity contribution in [2.75, 3.05) is 0 Å². The van der Waals surface area contributed by atoms with E-state index in [1.807, 2.05) is 0 Å². The molecule has 1 heterocycles. The fourth-order valence-corrected chi connectivity index (χ4v) is 1.41. The second-order valence-corrected chi connectivity index (χ2v) is 3.22. The summed E-state index contributed by atoms with van der Waals surface area (Å²) >= 11 is 0. The standard InChI is InChI=1S/C10H11F2NO2/c1-6-7(3-2-4-13-6)8(10(11)12)5-9(14)15/h2-4,8,10H,5H2,1H3,(H,14,15). The molecule has 82 valence electrons. The van der Waals surface area contributed by atoms with Gasteiger partial charge in [-0.25, -0.2) is 8.78 Å². The van der Waals surface area contributed by atoms with Crippen molar-refractivity contribution < 1.29 is 18.7 Å². The van der Waals surface area contributed by atoms with Crippen LogP contribution in [0.3, 0.4) is 0 Å². The van der Waals surface area contributed by atoms with Gasteiger partial charge in [0, 0.05) is 11.9 Å². The van der Waals surface area contributed by atoms with Crippen LogP contribution in [0.15, 0.2) is 18.3 Å². The van der Waals surface area contributed by atoms with Gasteiger partial charge in [-0.2, -0.15) is 0 Å².